The molecular weight excluding hydrogens is 423 g/mol. The van der Waals surface area contributed by atoms with E-state index in [4.69, 9.17) is 4.74 Å². The molecule has 2 aromatic rings. The zero-order chi connectivity index (χ0) is 22.6. The Balaban J connectivity index is 1.33. The van der Waals surface area contributed by atoms with E-state index in [-0.39, 0.29) is 18.2 Å². The Hall–Kier alpha value is -2.78. The number of ether oxygens (including phenoxy) is 2. The predicted octanol–water partition coefficient (Wildman–Crippen LogP) is 3.81. The number of rotatable bonds is 6. The molecule has 0 radical (unpaired) electrons. The van der Waals surface area contributed by atoms with Crippen molar-refractivity contribution < 1.29 is 27.4 Å². The zero-order valence-corrected chi connectivity index (χ0v) is 17.7. The van der Waals surface area contributed by atoms with Gasteiger partial charge in [0.05, 0.1) is 19.8 Å². The summed E-state index contributed by atoms with van der Waals surface area (Å²) in [5, 5.41) is 2.91. The molecule has 4 rings (SSSR count). The molecule has 0 saturated carbocycles. The fourth-order valence-corrected chi connectivity index (χ4v) is 4.10. The number of halogens is 3. The fraction of sp³-hybridized carbons (Fsp3) is 0.435. The molecule has 2 heterocycles. The first-order valence-electron chi connectivity index (χ1n) is 10.7. The highest BCUT2D eigenvalue weighted by molar-refractivity contribution is 5.94. The van der Waals surface area contributed by atoms with Crippen LogP contribution in [0, 0.1) is 0 Å². The van der Waals surface area contributed by atoms with Gasteiger partial charge in [-0.15, -0.1) is 13.2 Å². The first kappa shape index (κ1) is 22.4. The molecule has 0 bridgehead atoms. The SMILES string of the molecule is O=C(CN1CCCc2cc(OC(F)(F)F)ccc21)Nc1ccc(CN2CCOCC2)cc1. The monoisotopic (exact) mass is 449 g/mol. The van der Waals surface area contributed by atoms with Gasteiger partial charge in [-0.3, -0.25) is 9.69 Å². The molecule has 1 saturated heterocycles. The molecule has 0 atom stereocenters. The van der Waals surface area contributed by atoms with Crippen molar-refractivity contribution in [3.8, 4) is 5.75 Å². The van der Waals surface area contributed by atoms with Crippen molar-refractivity contribution in [1.29, 1.82) is 0 Å². The van der Waals surface area contributed by atoms with Crippen LogP contribution in [0.2, 0.25) is 0 Å². The van der Waals surface area contributed by atoms with E-state index in [2.05, 4.69) is 15.0 Å². The lowest BCUT2D eigenvalue weighted by atomic mass is 10.0. The van der Waals surface area contributed by atoms with Gasteiger partial charge in [-0.2, -0.15) is 0 Å². The molecule has 0 aliphatic carbocycles. The van der Waals surface area contributed by atoms with Gasteiger partial charge in [0, 0.05) is 37.6 Å². The highest BCUT2D eigenvalue weighted by Gasteiger charge is 2.31. The Bertz CT molecular complexity index is 928. The van der Waals surface area contributed by atoms with Crippen LogP contribution in [-0.2, 0) is 22.5 Å². The number of benzene rings is 2. The molecule has 9 heteroatoms. The average Bonchev–Trinajstić information content (AvgIpc) is 2.75. The number of morpholine rings is 1. The van der Waals surface area contributed by atoms with Gasteiger partial charge in [0.15, 0.2) is 0 Å². The van der Waals surface area contributed by atoms with Crippen LogP contribution in [0.4, 0.5) is 24.5 Å². The Labute approximate surface area is 184 Å². The van der Waals surface area contributed by atoms with E-state index in [9.17, 15) is 18.0 Å². The third kappa shape index (κ3) is 6.14. The lowest BCUT2D eigenvalue weighted by Gasteiger charge is -2.31. The van der Waals surface area contributed by atoms with E-state index >= 15 is 0 Å². The third-order valence-corrected chi connectivity index (χ3v) is 5.58. The van der Waals surface area contributed by atoms with E-state index in [1.165, 1.54) is 17.7 Å². The first-order chi connectivity index (χ1) is 15.4. The molecule has 0 unspecified atom stereocenters. The Morgan fingerprint density at radius 1 is 1.06 bits per heavy atom. The Kier molecular flexibility index (Phi) is 6.86. The van der Waals surface area contributed by atoms with Crippen molar-refractivity contribution in [2.45, 2.75) is 25.7 Å². The van der Waals surface area contributed by atoms with Gasteiger partial charge in [0.2, 0.25) is 5.91 Å². The number of hydrogen-bond donors (Lipinski definition) is 1. The maximum Gasteiger partial charge on any atom is 0.573 e. The second kappa shape index (κ2) is 9.79. The summed E-state index contributed by atoms with van der Waals surface area (Å²) < 4.78 is 46.8. The molecule has 1 amide bonds. The highest BCUT2D eigenvalue weighted by Crippen LogP contribution is 2.32. The standard InChI is InChI=1S/C23H26F3N3O3/c24-23(25,26)32-20-7-8-21-18(14-20)2-1-9-29(21)16-22(30)27-19-5-3-17(4-6-19)15-28-10-12-31-13-11-28/h3-8,14H,1-2,9-13,15-16H2,(H,27,30). The van der Waals surface area contributed by atoms with Gasteiger partial charge in [-0.25, -0.2) is 0 Å². The number of alkyl halides is 3. The lowest BCUT2D eigenvalue weighted by molar-refractivity contribution is -0.274. The summed E-state index contributed by atoms with van der Waals surface area (Å²) in [7, 11) is 0. The van der Waals surface area contributed by atoms with Crippen molar-refractivity contribution >= 4 is 17.3 Å². The van der Waals surface area contributed by atoms with Gasteiger partial charge in [-0.05, 0) is 54.3 Å². The van der Waals surface area contributed by atoms with Crippen LogP contribution in [0.25, 0.3) is 0 Å². The minimum atomic E-state index is -4.72. The van der Waals surface area contributed by atoms with Crippen LogP contribution in [-0.4, -0.2) is 56.6 Å². The number of amides is 1. The average molecular weight is 449 g/mol. The molecule has 0 spiro atoms. The van der Waals surface area contributed by atoms with Crippen LogP contribution in [0.5, 0.6) is 5.75 Å². The topological polar surface area (TPSA) is 54.0 Å². The molecule has 0 aromatic heterocycles. The van der Waals surface area contributed by atoms with Crippen LogP contribution < -0.4 is 15.0 Å². The van der Waals surface area contributed by atoms with E-state index < -0.39 is 6.36 Å². The molecule has 2 aliphatic heterocycles. The largest absolute Gasteiger partial charge is 0.573 e. The summed E-state index contributed by atoms with van der Waals surface area (Å²) in [6, 6.07) is 12.1. The molecule has 1 fully saturated rings. The van der Waals surface area contributed by atoms with Crippen molar-refractivity contribution in [3.05, 3.63) is 53.6 Å². The summed E-state index contributed by atoms with van der Waals surface area (Å²) in [5.74, 6) is -0.408. The summed E-state index contributed by atoms with van der Waals surface area (Å²) in [6.45, 7) is 4.98. The lowest BCUT2D eigenvalue weighted by Crippen LogP contribution is -2.36. The predicted molar refractivity (Wildman–Crippen MR) is 115 cm³/mol. The van der Waals surface area contributed by atoms with Gasteiger partial charge in [0.1, 0.15) is 5.75 Å². The number of fused-ring (bicyclic) bond motifs is 1. The van der Waals surface area contributed by atoms with Gasteiger partial charge >= 0.3 is 6.36 Å². The summed E-state index contributed by atoms with van der Waals surface area (Å²) in [6.07, 6.45) is -3.32. The molecule has 2 aromatic carbocycles. The van der Waals surface area contributed by atoms with Crippen molar-refractivity contribution in [2.24, 2.45) is 0 Å². The highest BCUT2D eigenvalue weighted by atomic mass is 19.4. The fourth-order valence-electron chi connectivity index (χ4n) is 4.10. The number of aryl methyl sites for hydroxylation is 1. The van der Waals surface area contributed by atoms with Gasteiger partial charge < -0.3 is 19.7 Å². The van der Waals surface area contributed by atoms with E-state index in [0.29, 0.717) is 18.7 Å². The van der Waals surface area contributed by atoms with E-state index in [0.717, 1.165) is 50.5 Å². The van der Waals surface area contributed by atoms with E-state index in [1.807, 2.05) is 29.2 Å². The molecule has 6 nitrogen and oxygen atoms in total. The van der Waals surface area contributed by atoms with E-state index in [1.54, 1.807) is 6.07 Å². The molecule has 172 valence electrons. The number of nitrogens with zero attached hydrogens (tertiary/aromatic N) is 2. The summed E-state index contributed by atoms with van der Waals surface area (Å²) in [4.78, 5) is 16.8. The smallest absolute Gasteiger partial charge is 0.406 e. The first-order valence-corrected chi connectivity index (χ1v) is 10.7. The molecular formula is C23H26F3N3O3. The number of carbonyl (C=O) groups excluding carboxylic acids is 1. The minimum Gasteiger partial charge on any atom is -0.406 e. The number of carbonyl (C=O) groups is 1. The second-order valence-corrected chi connectivity index (χ2v) is 8.00. The van der Waals surface area contributed by atoms with Gasteiger partial charge in [0.25, 0.3) is 0 Å². The maximum absolute atomic E-state index is 12.6. The van der Waals surface area contributed by atoms with Gasteiger partial charge in [-0.1, -0.05) is 12.1 Å². The minimum absolute atomic E-state index is 0.127. The second-order valence-electron chi connectivity index (χ2n) is 8.00. The van der Waals surface area contributed by atoms with Crippen LogP contribution in [0.3, 0.4) is 0 Å². The van der Waals surface area contributed by atoms with Crippen LogP contribution >= 0.6 is 0 Å². The summed E-state index contributed by atoms with van der Waals surface area (Å²) in [5.41, 5.74) is 3.40. The Morgan fingerprint density at radius 3 is 2.53 bits per heavy atom. The summed E-state index contributed by atoms with van der Waals surface area (Å²) >= 11 is 0. The maximum atomic E-state index is 12.6. The van der Waals surface area contributed by atoms with Crippen molar-refractivity contribution in [2.75, 3.05) is 49.6 Å². The third-order valence-electron chi connectivity index (χ3n) is 5.58. The Morgan fingerprint density at radius 2 is 1.81 bits per heavy atom. The van der Waals surface area contributed by atoms with Crippen LogP contribution in [0.1, 0.15) is 17.5 Å². The van der Waals surface area contributed by atoms with Crippen LogP contribution in [0.15, 0.2) is 42.5 Å². The normalized spacial score (nSPS) is 17.0. The number of nitrogens with one attached hydrogen (secondary N) is 1. The molecule has 32 heavy (non-hydrogen) atoms. The van der Waals surface area contributed by atoms with Crippen molar-refractivity contribution in [1.82, 2.24) is 4.90 Å². The number of anilines is 2. The van der Waals surface area contributed by atoms with Crippen molar-refractivity contribution in [3.63, 3.8) is 0 Å². The zero-order valence-electron chi connectivity index (χ0n) is 17.7. The quantitative estimate of drug-likeness (QED) is 0.727. The number of hydrogen-bond acceptors (Lipinski definition) is 5. The molecule has 1 N–H and O–H groups in total. The molecule has 2 aliphatic rings.